The van der Waals surface area contributed by atoms with Crippen LogP contribution >= 0.6 is 0 Å². The number of carbonyl (C=O) groups is 1. The Morgan fingerprint density at radius 2 is 2.08 bits per heavy atom. The molecule has 6 nitrogen and oxygen atoms in total. The van der Waals surface area contributed by atoms with Crippen LogP contribution in [0.5, 0.6) is 0 Å². The number of halogens is 2. The van der Waals surface area contributed by atoms with Crippen LogP contribution in [0.1, 0.15) is 43.0 Å². The third-order valence-electron chi connectivity index (χ3n) is 4.47. The first-order valence-corrected chi connectivity index (χ1v) is 8.38. The van der Waals surface area contributed by atoms with Crippen LogP contribution in [0.3, 0.4) is 0 Å². The maximum absolute atomic E-state index is 13.4. The Morgan fingerprint density at radius 1 is 1.27 bits per heavy atom. The van der Waals surface area contributed by atoms with Crippen molar-refractivity contribution in [3.05, 3.63) is 59.6 Å². The number of aromatic nitrogens is 4. The van der Waals surface area contributed by atoms with Crippen LogP contribution in [0.25, 0.3) is 5.69 Å². The lowest BCUT2D eigenvalue weighted by Gasteiger charge is -2.08. The number of benzene rings is 1. The molecule has 0 spiro atoms. The van der Waals surface area contributed by atoms with Gasteiger partial charge in [0, 0.05) is 24.2 Å². The SMILES string of the molecule is C[C@H](C(=O)Nc1cc(C2CC2)n[nH]1)c1ccn(-c2ccc(F)c(F)c2)n1. The van der Waals surface area contributed by atoms with Crippen LogP contribution in [-0.4, -0.2) is 25.9 Å². The summed E-state index contributed by atoms with van der Waals surface area (Å²) >= 11 is 0. The minimum Gasteiger partial charge on any atom is -0.311 e. The van der Waals surface area contributed by atoms with Gasteiger partial charge in [0.25, 0.3) is 0 Å². The number of nitrogens with zero attached hydrogens (tertiary/aromatic N) is 3. The van der Waals surface area contributed by atoms with Gasteiger partial charge in [-0.1, -0.05) is 0 Å². The standard InChI is InChI=1S/C18H17F2N5O/c1-10(18(26)21-17-9-16(22-23-17)11-2-3-11)15-6-7-25(24-15)12-4-5-13(19)14(20)8-12/h4-11H,2-3H2,1H3,(H2,21,22,23,26)/t10-/m0/s1. The zero-order valence-electron chi connectivity index (χ0n) is 14.0. The zero-order chi connectivity index (χ0) is 18.3. The zero-order valence-corrected chi connectivity index (χ0v) is 14.0. The number of rotatable bonds is 5. The molecule has 2 N–H and O–H groups in total. The summed E-state index contributed by atoms with van der Waals surface area (Å²) in [6.45, 7) is 1.73. The second kappa shape index (κ2) is 6.36. The second-order valence-corrected chi connectivity index (χ2v) is 6.48. The maximum atomic E-state index is 13.4. The van der Waals surface area contributed by atoms with Gasteiger partial charge >= 0.3 is 0 Å². The van der Waals surface area contributed by atoms with Gasteiger partial charge in [-0.2, -0.15) is 10.2 Å². The molecule has 0 bridgehead atoms. The van der Waals surface area contributed by atoms with Crippen LogP contribution in [0.4, 0.5) is 14.6 Å². The van der Waals surface area contributed by atoms with Crippen molar-refractivity contribution >= 4 is 11.7 Å². The van der Waals surface area contributed by atoms with Crippen molar-refractivity contribution < 1.29 is 13.6 Å². The van der Waals surface area contributed by atoms with Gasteiger partial charge in [0.15, 0.2) is 11.6 Å². The lowest BCUT2D eigenvalue weighted by atomic mass is 10.1. The average molecular weight is 357 g/mol. The molecule has 0 saturated heterocycles. The van der Waals surface area contributed by atoms with E-state index in [-0.39, 0.29) is 5.91 Å². The topological polar surface area (TPSA) is 75.6 Å². The normalized spacial score (nSPS) is 15.0. The van der Waals surface area contributed by atoms with Crippen molar-refractivity contribution in [1.82, 2.24) is 20.0 Å². The van der Waals surface area contributed by atoms with Crippen LogP contribution in [0.2, 0.25) is 0 Å². The predicted molar refractivity (Wildman–Crippen MR) is 91.1 cm³/mol. The summed E-state index contributed by atoms with van der Waals surface area (Å²) in [5, 5.41) is 14.1. The Labute approximate surface area is 148 Å². The average Bonchev–Trinajstić information content (AvgIpc) is 3.17. The number of H-pyrrole nitrogens is 1. The van der Waals surface area contributed by atoms with Gasteiger partial charge in [-0.05, 0) is 38.0 Å². The Bertz CT molecular complexity index is 960. The van der Waals surface area contributed by atoms with E-state index in [2.05, 4.69) is 20.6 Å². The number of nitrogens with one attached hydrogen (secondary N) is 2. The van der Waals surface area contributed by atoms with E-state index in [4.69, 9.17) is 0 Å². The fraction of sp³-hybridized carbons (Fsp3) is 0.278. The van der Waals surface area contributed by atoms with Crippen LogP contribution in [0.15, 0.2) is 36.5 Å². The van der Waals surface area contributed by atoms with Gasteiger partial charge in [-0.15, -0.1) is 0 Å². The highest BCUT2D eigenvalue weighted by molar-refractivity contribution is 5.94. The fourth-order valence-corrected chi connectivity index (χ4v) is 2.71. The molecule has 1 aromatic carbocycles. The number of amides is 1. The van der Waals surface area contributed by atoms with E-state index in [1.54, 1.807) is 19.2 Å². The van der Waals surface area contributed by atoms with Gasteiger partial charge in [-0.25, -0.2) is 13.5 Å². The largest absolute Gasteiger partial charge is 0.311 e. The smallest absolute Gasteiger partial charge is 0.234 e. The molecular weight excluding hydrogens is 340 g/mol. The molecule has 1 saturated carbocycles. The molecule has 8 heteroatoms. The number of hydrogen-bond donors (Lipinski definition) is 2. The molecule has 0 aliphatic heterocycles. The Hall–Kier alpha value is -3.03. The monoisotopic (exact) mass is 357 g/mol. The van der Waals surface area contributed by atoms with Crippen molar-refractivity contribution in [1.29, 1.82) is 0 Å². The number of aromatic amines is 1. The molecule has 0 radical (unpaired) electrons. The third-order valence-corrected chi connectivity index (χ3v) is 4.47. The summed E-state index contributed by atoms with van der Waals surface area (Å²) in [7, 11) is 0. The molecule has 1 fully saturated rings. The summed E-state index contributed by atoms with van der Waals surface area (Å²) in [4.78, 5) is 12.4. The summed E-state index contributed by atoms with van der Waals surface area (Å²) in [6.07, 6.45) is 3.87. The van der Waals surface area contributed by atoms with Crippen molar-refractivity contribution in [2.24, 2.45) is 0 Å². The first-order chi connectivity index (χ1) is 12.5. The number of anilines is 1. The highest BCUT2D eigenvalue weighted by Gasteiger charge is 2.27. The van der Waals surface area contributed by atoms with Crippen molar-refractivity contribution in [3.63, 3.8) is 0 Å². The number of carbonyl (C=O) groups excluding carboxylic acids is 1. The quantitative estimate of drug-likeness (QED) is 0.734. The first kappa shape index (κ1) is 16.4. The van der Waals surface area contributed by atoms with E-state index in [1.165, 1.54) is 10.7 Å². The minimum atomic E-state index is -0.948. The maximum Gasteiger partial charge on any atom is 0.234 e. The van der Waals surface area contributed by atoms with Gasteiger partial charge in [-0.3, -0.25) is 9.89 Å². The Kier molecular flexibility index (Phi) is 4.02. The molecule has 26 heavy (non-hydrogen) atoms. The molecule has 3 aromatic rings. The Morgan fingerprint density at radius 3 is 2.81 bits per heavy atom. The molecule has 2 aromatic heterocycles. The van der Waals surface area contributed by atoms with Gasteiger partial charge in [0.2, 0.25) is 5.91 Å². The fourth-order valence-electron chi connectivity index (χ4n) is 2.71. The molecule has 1 atom stereocenters. The summed E-state index contributed by atoms with van der Waals surface area (Å²) in [5.74, 6) is -1.55. The van der Waals surface area contributed by atoms with Crippen LogP contribution in [0, 0.1) is 11.6 Å². The molecule has 1 aliphatic rings. The molecular formula is C18H17F2N5O. The van der Waals surface area contributed by atoms with Crippen molar-refractivity contribution in [3.8, 4) is 5.69 Å². The lowest BCUT2D eigenvalue weighted by molar-refractivity contribution is -0.117. The van der Waals surface area contributed by atoms with E-state index < -0.39 is 17.6 Å². The third kappa shape index (κ3) is 3.22. The van der Waals surface area contributed by atoms with Crippen molar-refractivity contribution in [2.45, 2.75) is 31.6 Å². The summed E-state index contributed by atoms with van der Waals surface area (Å²) < 4.78 is 27.8. The molecule has 4 rings (SSSR count). The van der Waals surface area contributed by atoms with Crippen molar-refractivity contribution in [2.75, 3.05) is 5.32 Å². The molecule has 134 valence electrons. The highest BCUT2D eigenvalue weighted by Crippen LogP contribution is 2.39. The molecule has 1 amide bonds. The van der Waals surface area contributed by atoms with E-state index in [1.807, 2.05) is 6.07 Å². The lowest BCUT2D eigenvalue weighted by Crippen LogP contribution is -2.19. The molecule has 0 unspecified atom stereocenters. The summed E-state index contributed by atoms with van der Waals surface area (Å²) in [5.41, 5.74) is 1.87. The van der Waals surface area contributed by atoms with E-state index in [0.29, 0.717) is 23.1 Å². The van der Waals surface area contributed by atoms with Gasteiger partial charge in [0.05, 0.1) is 23.0 Å². The highest BCUT2D eigenvalue weighted by atomic mass is 19.2. The molecule has 1 aliphatic carbocycles. The van der Waals surface area contributed by atoms with Gasteiger partial charge < -0.3 is 5.32 Å². The number of hydrogen-bond acceptors (Lipinski definition) is 3. The van der Waals surface area contributed by atoms with Crippen LogP contribution < -0.4 is 5.32 Å². The first-order valence-electron chi connectivity index (χ1n) is 8.38. The summed E-state index contributed by atoms with van der Waals surface area (Å²) in [6, 6.07) is 7.04. The minimum absolute atomic E-state index is 0.230. The van der Waals surface area contributed by atoms with E-state index >= 15 is 0 Å². The predicted octanol–water partition coefficient (Wildman–Crippen LogP) is 3.49. The molecule has 2 heterocycles. The van der Waals surface area contributed by atoms with E-state index in [9.17, 15) is 13.6 Å². The van der Waals surface area contributed by atoms with Crippen LogP contribution in [-0.2, 0) is 4.79 Å². The Balaban J connectivity index is 1.46. The van der Waals surface area contributed by atoms with E-state index in [0.717, 1.165) is 30.7 Å². The van der Waals surface area contributed by atoms with Gasteiger partial charge in [0.1, 0.15) is 5.82 Å². The second-order valence-electron chi connectivity index (χ2n) is 6.48.